The lowest BCUT2D eigenvalue weighted by atomic mass is 9.93. The molecule has 1 aromatic rings. The molecule has 1 heterocycles. The smallest absolute Gasteiger partial charge is 0.124 e. The normalized spacial score (nSPS) is 20.7. The minimum absolute atomic E-state index is 0.153. The minimum Gasteiger partial charge on any atom is -0.313 e. The van der Waals surface area contributed by atoms with Crippen molar-refractivity contribution in [2.75, 3.05) is 18.1 Å². The second kappa shape index (κ2) is 7.65. The number of rotatable bonds is 6. The van der Waals surface area contributed by atoms with Gasteiger partial charge in [0.2, 0.25) is 0 Å². The fourth-order valence-corrected chi connectivity index (χ4v) is 4.44. The summed E-state index contributed by atoms with van der Waals surface area (Å²) in [7, 11) is 0. The summed E-state index contributed by atoms with van der Waals surface area (Å²) in [5, 5.41) is 3.65. The maximum atomic E-state index is 13.5. The van der Waals surface area contributed by atoms with Crippen molar-refractivity contribution in [3.63, 3.8) is 0 Å². The molecular weight excluding hydrogens is 325 g/mol. The molecule has 1 fully saturated rings. The Labute approximate surface area is 127 Å². The predicted molar refractivity (Wildman–Crippen MR) is 85.3 cm³/mol. The largest absolute Gasteiger partial charge is 0.313 e. The van der Waals surface area contributed by atoms with Crippen LogP contribution in [0.3, 0.4) is 0 Å². The van der Waals surface area contributed by atoms with Crippen molar-refractivity contribution in [2.24, 2.45) is 5.92 Å². The third-order valence-corrected chi connectivity index (χ3v) is 5.21. The Balaban J connectivity index is 2.05. The molecule has 2 unspecified atom stereocenters. The highest BCUT2D eigenvalue weighted by Gasteiger charge is 2.25. The van der Waals surface area contributed by atoms with E-state index in [4.69, 9.17) is 0 Å². The van der Waals surface area contributed by atoms with E-state index in [9.17, 15) is 4.39 Å². The monoisotopic (exact) mass is 345 g/mol. The van der Waals surface area contributed by atoms with Gasteiger partial charge in [0.25, 0.3) is 0 Å². The van der Waals surface area contributed by atoms with Gasteiger partial charge in [0.05, 0.1) is 0 Å². The molecule has 0 radical (unpaired) electrons. The lowest BCUT2D eigenvalue weighted by molar-refractivity contribution is 0.379. The molecule has 0 saturated carbocycles. The Morgan fingerprint density at radius 2 is 2.32 bits per heavy atom. The van der Waals surface area contributed by atoms with Gasteiger partial charge in [-0.2, -0.15) is 11.8 Å². The summed E-state index contributed by atoms with van der Waals surface area (Å²) < 4.78 is 14.3. The molecule has 0 amide bonds. The van der Waals surface area contributed by atoms with Crippen molar-refractivity contribution >= 4 is 27.7 Å². The van der Waals surface area contributed by atoms with E-state index in [-0.39, 0.29) is 5.82 Å². The molecule has 0 bridgehead atoms. The minimum atomic E-state index is -0.153. The van der Waals surface area contributed by atoms with E-state index < -0.39 is 0 Å². The first kappa shape index (κ1) is 15.3. The van der Waals surface area contributed by atoms with Crippen LogP contribution < -0.4 is 5.32 Å². The van der Waals surface area contributed by atoms with Gasteiger partial charge in [-0.3, -0.25) is 0 Å². The quantitative estimate of drug-likeness (QED) is 0.826. The number of halogens is 2. The molecule has 19 heavy (non-hydrogen) atoms. The maximum absolute atomic E-state index is 13.5. The molecule has 0 spiro atoms. The molecule has 2 rings (SSSR count). The summed E-state index contributed by atoms with van der Waals surface area (Å²) in [5.74, 6) is 3.07. The van der Waals surface area contributed by atoms with Crippen LogP contribution in [0.25, 0.3) is 0 Å². The molecule has 1 N–H and O–H groups in total. The van der Waals surface area contributed by atoms with Crippen molar-refractivity contribution in [1.29, 1.82) is 0 Å². The number of thioether (sulfide) groups is 1. The van der Waals surface area contributed by atoms with Crippen LogP contribution >= 0.6 is 27.7 Å². The average molecular weight is 346 g/mol. The van der Waals surface area contributed by atoms with E-state index in [1.165, 1.54) is 24.0 Å². The van der Waals surface area contributed by atoms with E-state index in [0.29, 0.717) is 6.04 Å². The highest BCUT2D eigenvalue weighted by Crippen LogP contribution is 2.28. The van der Waals surface area contributed by atoms with Crippen molar-refractivity contribution < 1.29 is 4.39 Å². The zero-order valence-corrected chi connectivity index (χ0v) is 13.7. The third-order valence-electron chi connectivity index (χ3n) is 3.57. The molecule has 2 atom stereocenters. The van der Waals surface area contributed by atoms with Crippen molar-refractivity contribution in [2.45, 2.75) is 32.2 Å². The summed E-state index contributed by atoms with van der Waals surface area (Å²) in [6, 6.07) is 5.69. The maximum Gasteiger partial charge on any atom is 0.124 e. The van der Waals surface area contributed by atoms with Gasteiger partial charge in [0, 0.05) is 10.5 Å². The van der Waals surface area contributed by atoms with Crippen LogP contribution in [0.5, 0.6) is 0 Å². The first-order chi connectivity index (χ1) is 9.19. The van der Waals surface area contributed by atoms with Crippen LogP contribution in [0.2, 0.25) is 0 Å². The zero-order chi connectivity index (χ0) is 13.7. The van der Waals surface area contributed by atoms with Gasteiger partial charge in [-0.25, -0.2) is 4.39 Å². The molecule has 4 heteroatoms. The van der Waals surface area contributed by atoms with Crippen LogP contribution in [0, 0.1) is 11.7 Å². The Bertz CT molecular complexity index is 387. The Kier molecular flexibility index (Phi) is 6.17. The SMILES string of the molecule is CCCNC(Cc1cc(F)cc(Br)c1)C1CCSC1. The van der Waals surface area contributed by atoms with E-state index >= 15 is 0 Å². The van der Waals surface area contributed by atoms with Gasteiger partial charge in [-0.15, -0.1) is 0 Å². The van der Waals surface area contributed by atoms with Gasteiger partial charge < -0.3 is 5.32 Å². The fourth-order valence-electron chi connectivity index (χ4n) is 2.59. The predicted octanol–water partition coefficient (Wildman–Crippen LogP) is 4.25. The average Bonchev–Trinajstić information content (AvgIpc) is 2.87. The standard InChI is InChI=1S/C15H21BrFNS/c1-2-4-18-15(12-3-5-19-10-12)8-11-6-13(16)9-14(17)7-11/h6-7,9,12,15,18H,2-5,8,10H2,1H3. The molecule has 1 aromatic carbocycles. The van der Waals surface area contributed by atoms with E-state index in [2.05, 4.69) is 28.2 Å². The molecule has 0 aliphatic carbocycles. The van der Waals surface area contributed by atoms with Gasteiger partial charge >= 0.3 is 0 Å². The topological polar surface area (TPSA) is 12.0 Å². The second-order valence-corrected chi connectivity index (χ2v) is 7.23. The van der Waals surface area contributed by atoms with Crippen LogP contribution in [0.1, 0.15) is 25.3 Å². The Hall–Kier alpha value is -0.0600. The highest BCUT2D eigenvalue weighted by atomic mass is 79.9. The first-order valence-electron chi connectivity index (χ1n) is 6.95. The summed E-state index contributed by atoms with van der Waals surface area (Å²) in [6.45, 7) is 3.23. The number of hydrogen-bond donors (Lipinski definition) is 1. The number of nitrogens with one attached hydrogen (secondary N) is 1. The lowest BCUT2D eigenvalue weighted by Crippen LogP contribution is -2.38. The van der Waals surface area contributed by atoms with Gasteiger partial charge in [0.1, 0.15) is 5.82 Å². The lowest BCUT2D eigenvalue weighted by Gasteiger charge is -2.24. The van der Waals surface area contributed by atoms with Crippen LogP contribution in [-0.4, -0.2) is 24.1 Å². The third kappa shape index (κ3) is 4.76. The van der Waals surface area contributed by atoms with Crippen LogP contribution in [-0.2, 0) is 6.42 Å². The van der Waals surface area contributed by atoms with Crippen LogP contribution in [0.15, 0.2) is 22.7 Å². The number of benzene rings is 1. The number of hydrogen-bond acceptors (Lipinski definition) is 2. The molecule has 0 aromatic heterocycles. The molecule has 1 nitrogen and oxygen atoms in total. The van der Waals surface area contributed by atoms with Gasteiger partial charge in [-0.1, -0.05) is 22.9 Å². The molecule has 106 valence electrons. The van der Waals surface area contributed by atoms with Crippen LogP contribution in [0.4, 0.5) is 4.39 Å². The summed E-state index contributed by atoms with van der Waals surface area (Å²) >= 11 is 5.41. The second-order valence-electron chi connectivity index (χ2n) is 5.17. The zero-order valence-electron chi connectivity index (χ0n) is 11.3. The van der Waals surface area contributed by atoms with Gasteiger partial charge in [-0.05, 0) is 67.0 Å². The highest BCUT2D eigenvalue weighted by molar-refractivity contribution is 9.10. The van der Waals surface area contributed by atoms with E-state index in [1.807, 2.05) is 17.8 Å². The molecule has 1 aliphatic rings. The summed E-state index contributed by atoms with van der Waals surface area (Å²) in [4.78, 5) is 0. The van der Waals surface area contributed by atoms with Crippen molar-refractivity contribution in [3.8, 4) is 0 Å². The van der Waals surface area contributed by atoms with E-state index in [1.54, 1.807) is 6.07 Å². The van der Waals surface area contributed by atoms with E-state index in [0.717, 1.165) is 35.3 Å². The van der Waals surface area contributed by atoms with Gasteiger partial charge in [0.15, 0.2) is 0 Å². The van der Waals surface area contributed by atoms with Crippen molar-refractivity contribution in [1.82, 2.24) is 5.32 Å². The molecule has 1 saturated heterocycles. The molecular formula is C15H21BrFNS. The first-order valence-corrected chi connectivity index (χ1v) is 8.90. The Morgan fingerprint density at radius 3 is 2.95 bits per heavy atom. The molecule has 1 aliphatic heterocycles. The fraction of sp³-hybridized carbons (Fsp3) is 0.600. The van der Waals surface area contributed by atoms with Crippen molar-refractivity contribution in [3.05, 3.63) is 34.1 Å². The Morgan fingerprint density at radius 1 is 1.47 bits per heavy atom. The summed E-state index contributed by atoms with van der Waals surface area (Å²) in [5.41, 5.74) is 1.08. The summed E-state index contributed by atoms with van der Waals surface area (Å²) in [6.07, 6.45) is 3.34.